The summed E-state index contributed by atoms with van der Waals surface area (Å²) in [5.74, 6) is 1.82. The van der Waals surface area contributed by atoms with Crippen molar-refractivity contribution in [3.05, 3.63) is 87.7 Å². The summed E-state index contributed by atoms with van der Waals surface area (Å²) in [7, 11) is 0. The van der Waals surface area contributed by atoms with Gasteiger partial charge in [-0.1, -0.05) is 0 Å². The average molecular weight is 566 g/mol. The molecule has 36 heavy (non-hydrogen) atoms. The maximum Gasteiger partial charge on any atom is -0.147 e. The molecule has 3 rings (SSSR count). The van der Waals surface area contributed by atoms with Crippen LogP contribution in [0, 0.1) is 27.7 Å². The molecule has 0 N–H and O–H groups in total. The molecule has 0 aliphatic rings. The van der Waals surface area contributed by atoms with Gasteiger partial charge in [0.1, 0.15) is 0 Å². The Balaban J connectivity index is 0.00000324. The number of hydrogen-bond donors (Lipinski definition) is 0. The summed E-state index contributed by atoms with van der Waals surface area (Å²) in [6.45, 7) is 21.7. The quantitative estimate of drug-likeness (QED) is 0.290. The van der Waals surface area contributed by atoms with E-state index in [2.05, 4.69) is 114 Å². The number of nitrogens with zero attached hydrogens (tertiary/aromatic N) is 1. The molecule has 0 spiro atoms. The molecule has 3 aromatic rings. The fourth-order valence-corrected chi connectivity index (χ4v) is 6.20. The molecular weight excluding hydrogens is 525 g/mol. The minimum absolute atomic E-state index is 0. The Morgan fingerprint density at radius 3 is 1.53 bits per heavy atom. The number of aromatic nitrogens is 1. The van der Waals surface area contributed by atoms with Gasteiger partial charge in [-0.15, -0.1) is 24.8 Å². The van der Waals surface area contributed by atoms with Crippen LogP contribution in [0.25, 0.3) is 0 Å². The van der Waals surface area contributed by atoms with Crippen molar-refractivity contribution < 1.29 is 24.8 Å². The molecule has 0 aliphatic heterocycles. The van der Waals surface area contributed by atoms with Crippen LogP contribution < -0.4 is 6.64 Å². The van der Waals surface area contributed by atoms with E-state index >= 15 is 0 Å². The van der Waals surface area contributed by atoms with Gasteiger partial charge >= 0.3 is 213 Å². The van der Waals surface area contributed by atoms with E-state index in [1.807, 2.05) is 13.1 Å². The van der Waals surface area contributed by atoms with Crippen LogP contribution in [-0.4, -0.2) is 9.30 Å². The SMILES string of the molecule is Cc1cnc(C)c([CH]=[Ti]([O]c2ccc(C)cc2C(C)(C)C)[O]c2ccc(C)cc2C(C)(C)C)c1.Cl.Cl. The summed E-state index contributed by atoms with van der Waals surface area (Å²) in [6.07, 6.45) is 1.91. The van der Waals surface area contributed by atoms with Crippen LogP contribution >= 0.6 is 24.8 Å². The van der Waals surface area contributed by atoms with Crippen molar-refractivity contribution in [3.8, 4) is 11.5 Å². The van der Waals surface area contributed by atoms with Crippen molar-refractivity contribution in [2.45, 2.75) is 80.1 Å². The molecule has 0 saturated heterocycles. The zero-order chi connectivity index (χ0) is 25.3. The zero-order valence-corrected chi connectivity index (χ0v) is 26.5. The molecule has 0 bridgehead atoms. The molecular formula is C30H41Cl2NO2Ti. The van der Waals surface area contributed by atoms with Gasteiger partial charge in [0.25, 0.3) is 0 Å². The van der Waals surface area contributed by atoms with Crippen LogP contribution in [0.3, 0.4) is 0 Å². The Labute approximate surface area is 237 Å². The van der Waals surface area contributed by atoms with Crippen LogP contribution in [0.15, 0.2) is 48.7 Å². The molecule has 0 radical (unpaired) electrons. The summed E-state index contributed by atoms with van der Waals surface area (Å²) in [5.41, 5.74) is 8.00. The number of hydrogen-bond acceptors (Lipinski definition) is 3. The van der Waals surface area contributed by atoms with Gasteiger partial charge in [0.15, 0.2) is 0 Å². The first kappa shape index (κ1) is 32.4. The first-order valence-corrected chi connectivity index (χ1v) is 14.1. The number of pyridine rings is 1. The summed E-state index contributed by atoms with van der Waals surface area (Å²) in [6, 6.07) is 15.1. The number of rotatable bonds is 5. The number of benzene rings is 2. The van der Waals surface area contributed by atoms with E-state index in [0.29, 0.717) is 0 Å². The third kappa shape index (κ3) is 8.45. The van der Waals surface area contributed by atoms with Crippen LogP contribution in [0.1, 0.15) is 80.6 Å². The van der Waals surface area contributed by atoms with E-state index in [1.165, 1.54) is 22.3 Å². The van der Waals surface area contributed by atoms with E-state index in [9.17, 15) is 0 Å². The molecule has 0 aliphatic carbocycles. The molecule has 196 valence electrons. The summed E-state index contributed by atoms with van der Waals surface area (Å²) < 4.78 is 15.8. The minimum Gasteiger partial charge on any atom is -0.147 e. The van der Waals surface area contributed by atoms with Gasteiger partial charge in [-0.2, -0.15) is 0 Å². The summed E-state index contributed by atoms with van der Waals surface area (Å²) >= 11 is -2.71. The predicted molar refractivity (Wildman–Crippen MR) is 154 cm³/mol. The van der Waals surface area contributed by atoms with E-state index < -0.39 is 18.2 Å². The number of aryl methyl sites for hydroxylation is 4. The van der Waals surface area contributed by atoms with Gasteiger partial charge in [0, 0.05) is 0 Å². The Morgan fingerprint density at radius 1 is 0.667 bits per heavy atom. The minimum atomic E-state index is -2.71. The van der Waals surface area contributed by atoms with Crippen molar-refractivity contribution in [1.29, 1.82) is 0 Å². The molecule has 0 atom stereocenters. The molecule has 1 aromatic heterocycles. The molecule has 3 nitrogen and oxygen atoms in total. The van der Waals surface area contributed by atoms with Crippen LogP contribution in [-0.2, 0) is 29.0 Å². The Hall–Kier alpha value is -1.65. The normalized spacial score (nSPS) is 11.2. The first-order valence-electron chi connectivity index (χ1n) is 12.0. The van der Waals surface area contributed by atoms with Gasteiger partial charge in [0.2, 0.25) is 0 Å². The molecule has 6 heteroatoms. The maximum absolute atomic E-state index is 6.79. The monoisotopic (exact) mass is 565 g/mol. The van der Waals surface area contributed by atoms with Gasteiger partial charge in [-0.3, -0.25) is 0 Å². The topological polar surface area (TPSA) is 31.4 Å². The zero-order valence-electron chi connectivity index (χ0n) is 23.3. The molecule has 0 unspecified atom stereocenters. The van der Waals surface area contributed by atoms with Gasteiger partial charge in [0.05, 0.1) is 0 Å². The van der Waals surface area contributed by atoms with E-state index in [0.717, 1.165) is 28.3 Å². The Morgan fingerprint density at radius 2 is 1.11 bits per heavy atom. The third-order valence-electron chi connectivity index (χ3n) is 5.84. The standard InChI is InChI=1S/2C11H16O.C8H9N.2ClH.Ti/c2*1-8-5-6-10(12)9(7-8)11(2,3)4;1-6-4-7(2)8(3)9-5-6;;;/h2*5-7,12H,1-4H3;2,4-5H,1,3H3;2*1H;/q;;;;;+2/p-2. The van der Waals surface area contributed by atoms with Gasteiger partial charge < -0.3 is 0 Å². The largest absolute Gasteiger partial charge is 0.147 e. The molecule has 2 aromatic carbocycles. The molecule has 0 fully saturated rings. The second kappa shape index (κ2) is 12.7. The summed E-state index contributed by atoms with van der Waals surface area (Å²) in [4.78, 5) is 4.57. The van der Waals surface area contributed by atoms with Crippen LogP contribution in [0.2, 0.25) is 0 Å². The maximum atomic E-state index is 6.79. The van der Waals surface area contributed by atoms with Crippen molar-refractivity contribution in [3.63, 3.8) is 0 Å². The second-order valence-electron chi connectivity index (χ2n) is 11.4. The first-order chi connectivity index (χ1) is 15.7. The Bertz CT molecular complexity index is 1160. The van der Waals surface area contributed by atoms with Crippen LogP contribution in [0.4, 0.5) is 0 Å². The van der Waals surface area contributed by atoms with Crippen LogP contribution in [0.5, 0.6) is 11.5 Å². The molecule has 1 heterocycles. The van der Waals surface area contributed by atoms with E-state index in [1.54, 1.807) is 0 Å². The Kier molecular flexibility index (Phi) is 11.5. The smallest absolute Gasteiger partial charge is 0.147 e. The summed E-state index contributed by atoms with van der Waals surface area (Å²) in [5, 5.41) is 0. The van der Waals surface area contributed by atoms with E-state index in [4.69, 9.17) is 6.64 Å². The van der Waals surface area contributed by atoms with Gasteiger partial charge in [-0.05, 0) is 0 Å². The number of halogens is 2. The molecule has 0 saturated carbocycles. The predicted octanol–water partition coefficient (Wildman–Crippen LogP) is 8.51. The van der Waals surface area contributed by atoms with Gasteiger partial charge in [-0.25, -0.2) is 0 Å². The molecule has 0 amide bonds. The third-order valence-corrected chi connectivity index (χ3v) is 8.01. The fourth-order valence-electron chi connectivity index (χ4n) is 3.87. The van der Waals surface area contributed by atoms with Crippen molar-refractivity contribution >= 4 is 29.1 Å². The average Bonchev–Trinajstić information content (AvgIpc) is 2.71. The fraction of sp³-hybridized carbons (Fsp3) is 0.400. The van der Waals surface area contributed by atoms with Crippen molar-refractivity contribution in [1.82, 2.24) is 4.98 Å². The van der Waals surface area contributed by atoms with Crippen molar-refractivity contribution in [2.24, 2.45) is 0 Å². The van der Waals surface area contributed by atoms with E-state index in [-0.39, 0.29) is 35.6 Å². The van der Waals surface area contributed by atoms with Crippen molar-refractivity contribution in [2.75, 3.05) is 0 Å². The second-order valence-corrected chi connectivity index (χ2v) is 13.4.